The van der Waals surface area contributed by atoms with Gasteiger partial charge in [0.15, 0.2) is 11.0 Å². The lowest BCUT2D eigenvalue weighted by atomic mass is 10.0. The monoisotopic (exact) mass is 357 g/mol. The number of nitrogens with one attached hydrogen (secondary N) is 1. The van der Waals surface area contributed by atoms with Crippen molar-refractivity contribution >= 4 is 21.9 Å². The maximum Gasteiger partial charge on any atom is 0.323 e. The largest absolute Gasteiger partial charge is 0.468 e. The van der Waals surface area contributed by atoms with Gasteiger partial charge in [0.1, 0.15) is 6.04 Å². The molecular formula is C16H23NO6S. The third kappa shape index (κ3) is 5.70. The first-order valence-electron chi connectivity index (χ1n) is 7.55. The molecule has 0 bridgehead atoms. The number of Topliss-reactive ketones (excluding diaryl/α,β-unsaturated/α-hetero) is 1. The number of rotatable bonds is 9. The van der Waals surface area contributed by atoms with Gasteiger partial charge in [-0.25, -0.2) is 0 Å². The molecule has 2 atom stereocenters. The van der Waals surface area contributed by atoms with Crippen molar-refractivity contribution < 1.29 is 27.3 Å². The van der Waals surface area contributed by atoms with Crippen molar-refractivity contribution in [2.75, 3.05) is 13.7 Å². The molecule has 1 aromatic rings. The summed E-state index contributed by atoms with van der Waals surface area (Å²) >= 11 is 0. The maximum absolute atomic E-state index is 12.3. The van der Waals surface area contributed by atoms with Gasteiger partial charge in [-0.3, -0.25) is 14.1 Å². The topological polar surface area (TPSA) is 110 Å². The van der Waals surface area contributed by atoms with E-state index in [1.807, 2.05) is 13.8 Å². The molecule has 0 aliphatic heterocycles. The zero-order chi connectivity index (χ0) is 18.3. The molecule has 0 aliphatic carbocycles. The van der Waals surface area contributed by atoms with E-state index in [1.54, 1.807) is 18.2 Å². The molecule has 1 unspecified atom stereocenters. The summed E-state index contributed by atoms with van der Waals surface area (Å²) < 4.78 is 37.2. The Bertz CT molecular complexity index is 656. The number of ketones is 1. The van der Waals surface area contributed by atoms with E-state index < -0.39 is 33.2 Å². The van der Waals surface area contributed by atoms with Crippen LogP contribution in [0.4, 0.5) is 0 Å². The summed E-state index contributed by atoms with van der Waals surface area (Å²) in [6.07, 6.45) is -0.160. The van der Waals surface area contributed by atoms with Gasteiger partial charge < -0.3 is 10.1 Å². The van der Waals surface area contributed by atoms with E-state index >= 15 is 0 Å². The molecule has 0 aromatic heterocycles. The third-order valence-electron chi connectivity index (χ3n) is 3.60. The van der Waals surface area contributed by atoms with Crippen LogP contribution in [0.1, 0.15) is 30.6 Å². The van der Waals surface area contributed by atoms with E-state index in [4.69, 9.17) is 0 Å². The summed E-state index contributed by atoms with van der Waals surface area (Å²) in [5, 5.41) is 1.29. The van der Waals surface area contributed by atoms with E-state index in [2.05, 4.69) is 10.1 Å². The van der Waals surface area contributed by atoms with Crippen LogP contribution in [0.2, 0.25) is 0 Å². The number of benzene rings is 1. The molecule has 0 aliphatic rings. The lowest BCUT2D eigenvalue weighted by Gasteiger charge is -2.21. The Morgan fingerprint density at radius 2 is 1.79 bits per heavy atom. The highest BCUT2D eigenvalue weighted by Crippen LogP contribution is 2.13. The smallest absolute Gasteiger partial charge is 0.323 e. The van der Waals surface area contributed by atoms with Gasteiger partial charge in [-0.05, 0) is 18.9 Å². The van der Waals surface area contributed by atoms with Crippen molar-refractivity contribution in [3.63, 3.8) is 0 Å². The zero-order valence-electron chi connectivity index (χ0n) is 13.9. The van der Waals surface area contributed by atoms with Gasteiger partial charge >= 0.3 is 5.97 Å². The lowest BCUT2D eigenvalue weighted by molar-refractivity contribution is -0.144. The highest BCUT2D eigenvalue weighted by Gasteiger charge is 2.32. The van der Waals surface area contributed by atoms with Crippen LogP contribution in [0.5, 0.6) is 0 Å². The lowest BCUT2D eigenvalue weighted by Crippen LogP contribution is -2.44. The summed E-state index contributed by atoms with van der Waals surface area (Å²) in [6, 6.07) is 7.27. The quantitative estimate of drug-likeness (QED) is 0.389. The summed E-state index contributed by atoms with van der Waals surface area (Å²) in [5.41, 5.74) is 0.202. The summed E-state index contributed by atoms with van der Waals surface area (Å²) in [6.45, 7) is 3.68. The van der Waals surface area contributed by atoms with Gasteiger partial charge in [0.2, 0.25) is 0 Å². The maximum atomic E-state index is 12.3. The molecule has 7 nitrogen and oxygen atoms in total. The molecule has 0 saturated carbocycles. The standard InChI is InChI=1S/C16H23NO6S/c1-11(2)14(16(19)23-3)17-10-9-13(24(20,21)22)15(18)12-7-5-4-6-8-12/h4-8,11,13-14,17H,9-10H2,1-3H3,(H,20,21,22)/t13?,14-/m0/s1. The second-order valence-corrected chi connectivity index (χ2v) is 7.32. The Balaban J connectivity index is 2.82. The Labute approximate surface area is 142 Å². The van der Waals surface area contributed by atoms with Crippen molar-refractivity contribution in [2.45, 2.75) is 31.6 Å². The van der Waals surface area contributed by atoms with Crippen molar-refractivity contribution in [2.24, 2.45) is 5.92 Å². The average molecular weight is 357 g/mol. The molecule has 8 heteroatoms. The minimum Gasteiger partial charge on any atom is -0.468 e. The van der Waals surface area contributed by atoms with Crippen LogP contribution in [0, 0.1) is 5.92 Å². The summed E-state index contributed by atoms with van der Waals surface area (Å²) in [4.78, 5) is 24.0. The van der Waals surface area contributed by atoms with E-state index in [-0.39, 0.29) is 24.4 Å². The van der Waals surface area contributed by atoms with Crippen LogP contribution in [0.15, 0.2) is 30.3 Å². The highest BCUT2D eigenvalue weighted by molar-refractivity contribution is 7.87. The zero-order valence-corrected chi connectivity index (χ0v) is 14.7. The highest BCUT2D eigenvalue weighted by atomic mass is 32.2. The molecule has 0 fully saturated rings. The van der Waals surface area contributed by atoms with Crippen LogP contribution < -0.4 is 5.32 Å². The first-order valence-corrected chi connectivity index (χ1v) is 9.05. The van der Waals surface area contributed by atoms with E-state index in [9.17, 15) is 22.6 Å². The number of esters is 1. The summed E-state index contributed by atoms with van der Waals surface area (Å²) in [5.74, 6) is -1.23. The SMILES string of the molecule is COC(=O)[C@@H](NCCC(C(=O)c1ccccc1)S(=O)(=O)O)C(C)C. The van der Waals surface area contributed by atoms with Crippen LogP contribution in [0.25, 0.3) is 0 Å². The summed E-state index contributed by atoms with van der Waals surface area (Å²) in [7, 11) is -3.30. The molecule has 0 saturated heterocycles. The fourth-order valence-electron chi connectivity index (χ4n) is 2.29. The van der Waals surface area contributed by atoms with Gasteiger partial charge in [-0.1, -0.05) is 44.2 Å². The van der Waals surface area contributed by atoms with Gasteiger partial charge in [-0.15, -0.1) is 0 Å². The molecule has 1 aromatic carbocycles. The second-order valence-electron chi connectivity index (χ2n) is 5.72. The van der Waals surface area contributed by atoms with E-state index in [0.29, 0.717) is 0 Å². The molecular weight excluding hydrogens is 334 g/mol. The predicted octanol–water partition coefficient (Wildman–Crippen LogP) is 1.30. The Kier molecular flexibility index (Phi) is 7.53. The van der Waals surface area contributed by atoms with Gasteiger partial charge in [0, 0.05) is 5.56 Å². The number of ether oxygens (including phenoxy) is 1. The molecule has 134 valence electrons. The average Bonchev–Trinajstić information content (AvgIpc) is 2.53. The molecule has 24 heavy (non-hydrogen) atoms. The molecule has 0 heterocycles. The predicted molar refractivity (Wildman–Crippen MR) is 89.4 cm³/mol. The molecule has 0 radical (unpaired) electrons. The van der Waals surface area contributed by atoms with Crippen molar-refractivity contribution in [3.8, 4) is 0 Å². The van der Waals surface area contributed by atoms with Crippen molar-refractivity contribution in [1.29, 1.82) is 0 Å². The van der Waals surface area contributed by atoms with Gasteiger partial charge in [0.05, 0.1) is 7.11 Å². The number of hydrogen-bond donors (Lipinski definition) is 2. The Morgan fingerprint density at radius 3 is 2.25 bits per heavy atom. The van der Waals surface area contributed by atoms with Crippen LogP contribution in [-0.4, -0.2) is 49.7 Å². The van der Waals surface area contributed by atoms with Crippen LogP contribution >= 0.6 is 0 Å². The van der Waals surface area contributed by atoms with Crippen LogP contribution in [0.3, 0.4) is 0 Å². The number of methoxy groups -OCH3 is 1. The van der Waals surface area contributed by atoms with Crippen molar-refractivity contribution in [3.05, 3.63) is 35.9 Å². The number of hydrogen-bond acceptors (Lipinski definition) is 6. The van der Waals surface area contributed by atoms with E-state index in [0.717, 1.165) is 0 Å². The second kappa shape index (κ2) is 8.91. The molecule has 2 N–H and O–H groups in total. The third-order valence-corrected chi connectivity index (χ3v) is 4.77. The number of carbonyl (C=O) groups is 2. The first kappa shape index (κ1) is 20.3. The molecule has 0 amide bonds. The molecule has 0 spiro atoms. The fourth-order valence-corrected chi connectivity index (χ4v) is 3.11. The molecule has 1 rings (SSSR count). The van der Waals surface area contributed by atoms with Crippen LogP contribution in [-0.2, 0) is 19.6 Å². The first-order chi connectivity index (χ1) is 11.2. The number of carbonyl (C=O) groups excluding carboxylic acids is 2. The van der Waals surface area contributed by atoms with Gasteiger partial charge in [-0.2, -0.15) is 8.42 Å². The Hall–Kier alpha value is -1.77. The van der Waals surface area contributed by atoms with Gasteiger partial charge in [0.25, 0.3) is 10.1 Å². The minimum atomic E-state index is -4.56. The van der Waals surface area contributed by atoms with E-state index in [1.165, 1.54) is 19.2 Å². The normalized spacial score (nSPS) is 14.2. The fraction of sp³-hybridized carbons (Fsp3) is 0.500. The minimum absolute atomic E-state index is 0.0565. The van der Waals surface area contributed by atoms with Crippen molar-refractivity contribution in [1.82, 2.24) is 5.32 Å². The Morgan fingerprint density at radius 1 is 1.21 bits per heavy atom.